The van der Waals surface area contributed by atoms with E-state index in [0.717, 1.165) is 50.3 Å². The second kappa shape index (κ2) is 15.8. The minimum absolute atomic E-state index is 0.0588. The third-order valence-corrected chi connectivity index (χ3v) is 9.37. The molecule has 1 aromatic rings. The molecule has 1 amide bonds. The van der Waals surface area contributed by atoms with Crippen molar-refractivity contribution in [1.29, 1.82) is 0 Å². The van der Waals surface area contributed by atoms with Crippen LogP contribution in [0.15, 0.2) is 12.1 Å². The lowest BCUT2D eigenvalue weighted by Crippen LogP contribution is -2.44. The summed E-state index contributed by atoms with van der Waals surface area (Å²) in [5.74, 6) is 1.86. The first kappa shape index (κ1) is 30.9. The Morgan fingerprint density at radius 3 is 2.35 bits per heavy atom. The number of unbranched alkanes of at least 4 members (excludes halogenated alkanes) is 5. The van der Waals surface area contributed by atoms with Crippen LogP contribution in [0.5, 0.6) is 5.75 Å². The molecule has 9 heteroatoms. The fourth-order valence-corrected chi connectivity index (χ4v) is 6.54. The fourth-order valence-electron chi connectivity index (χ4n) is 6.37. The number of anilines is 1. The van der Waals surface area contributed by atoms with Gasteiger partial charge in [0.15, 0.2) is 6.10 Å². The first-order chi connectivity index (χ1) is 19.4. The molecule has 40 heavy (non-hydrogen) atoms. The van der Waals surface area contributed by atoms with Crippen LogP contribution < -0.4 is 15.8 Å². The lowest BCUT2D eigenvalue weighted by Gasteiger charge is -2.37. The molecular formula is C31H49ClN4O4. The normalized spacial score (nSPS) is 20.7. The summed E-state index contributed by atoms with van der Waals surface area (Å²) in [4.78, 5) is 29.2. The van der Waals surface area contributed by atoms with Crippen molar-refractivity contribution in [2.75, 3.05) is 58.7 Å². The average molecular weight is 577 g/mol. The Kier molecular flexibility index (Phi) is 12.2. The molecule has 0 aliphatic carbocycles. The van der Waals surface area contributed by atoms with Gasteiger partial charge in [0.25, 0.3) is 5.91 Å². The van der Waals surface area contributed by atoms with Gasteiger partial charge in [0.2, 0.25) is 0 Å². The van der Waals surface area contributed by atoms with Crippen molar-refractivity contribution in [3.8, 4) is 5.75 Å². The van der Waals surface area contributed by atoms with E-state index in [1.807, 2.05) is 0 Å². The van der Waals surface area contributed by atoms with Crippen LogP contribution in [0.4, 0.5) is 5.69 Å². The van der Waals surface area contributed by atoms with Crippen molar-refractivity contribution < 1.29 is 19.1 Å². The zero-order valence-corrected chi connectivity index (χ0v) is 25.1. The van der Waals surface area contributed by atoms with E-state index in [9.17, 15) is 9.59 Å². The number of nitrogens with zero attached hydrogens (tertiary/aromatic N) is 2. The van der Waals surface area contributed by atoms with Crippen LogP contribution in [0.3, 0.4) is 0 Å². The van der Waals surface area contributed by atoms with Crippen LogP contribution in [-0.2, 0) is 20.7 Å². The van der Waals surface area contributed by atoms with Crippen molar-refractivity contribution in [2.24, 2.45) is 11.8 Å². The lowest BCUT2D eigenvalue weighted by molar-refractivity contribution is -0.140. The molecule has 1 atom stereocenters. The number of ether oxygens (including phenoxy) is 2. The van der Waals surface area contributed by atoms with Gasteiger partial charge in [-0.3, -0.25) is 9.59 Å². The monoisotopic (exact) mass is 576 g/mol. The SMILES string of the molecule is COC(=O)CCCCCCCCN1CCC(CN2CCC(CNC(=O)C3Cc4c(ccc(Cl)c4N)O3)CC2)CC1. The zero-order chi connectivity index (χ0) is 28.3. The first-order valence-corrected chi connectivity index (χ1v) is 15.8. The third-order valence-electron chi connectivity index (χ3n) is 9.04. The predicted molar refractivity (Wildman–Crippen MR) is 160 cm³/mol. The number of methoxy groups -OCH3 is 1. The number of hydrogen-bond acceptors (Lipinski definition) is 7. The van der Waals surface area contributed by atoms with Gasteiger partial charge in [-0.25, -0.2) is 0 Å². The summed E-state index contributed by atoms with van der Waals surface area (Å²) in [6, 6.07) is 3.51. The number of rotatable bonds is 14. The van der Waals surface area contributed by atoms with Crippen LogP contribution in [0.1, 0.15) is 76.2 Å². The van der Waals surface area contributed by atoms with Crippen LogP contribution in [0, 0.1) is 11.8 Å². The maximum atomic E-state index is 12.7. The van der Waals surface area contributed by atoms with E-state index in [1.165, 1.54) is 71.8 Å². The summed E-state index contributed by atoms with van der Waals surface area (Å²) < 4.78 is 10.5. The van der Waals surface area contributed by atoms with Crippen molar-refractivity contribution in [2.45, 2.75) is 83.2 Å². The molecule has 3 heterocycles. The number of nitrogens with two attached hydrogens (primary N) is 1. The Hall–Kier alpha value is -2.03. The standard InChI is InChI=1S/C31H49ClN4O4/c1-39-29(37)8-6-4-2-3-5-7-15-35-16-13-24(14-17-35)22-36-18-11-23(12-19-36)21-34-31(38)28-20-25-27(40-28)10-9-26(32)30(25)33/h9-10,23-24,28H,2-8,11-22,33H2,1H3,(H,34,38). The summed E-state index contributed by atoms with van der Waals surface area (Å²) in [5, 5.41) is 3.63. The zero-order valence-electron chi connectivity index (χ0n) is 24.3. The minimum atomic E-state index is -0.522. The number of fused-ring (bicyclic) bond motifs is 1. The fraction of sp³-hybridized carbons (Fsp3) is 0.742. The molecule has 0 bridgehead atoms. The number of piperidine rings is 2. The van der Waals surface area contributed by atoms with E-state index < -0.39 is 6.10 Å². The van der Waals surface area contributed by atoms with Gasteiger partial charge >= 0.3 is 5.97 Å². The molecule has 1 unspecified atom stereocenters. The smallest absolute Gasteiger partial charge is 0.305 e. The van der Waals surface area contributed by atoms with Crippen LogP contribution in [0.2, 0.25) is 5.02 Å². The summed E-state index contributed by atoms with van der Waals surface area (Å²) >= 11 is 6.11. The molecular weight excluding hydrogens is 528 g/mol. The number of nitrogen functional groups attached to an aromatic ring is 1. The summed E-state index contributed by atoms with van der Waals surface area (Å²) in [5.41, 5.74) is 7.42. The van der Waals surface area contributed by atoms with E-state index in [4.69, 9.17) is 26.8 Å². The Morgan fingerprint density at radius 2 is 1.62 bits per heavy atom. The van der Waals surface area contributed by atoms with Crippen LogP contribution in [0.25, 0.3) is 0 Å². The average Bonchev–Trinajstić information content (AvgIpc) is 3.42. The van der Waals surface area contributed by atoms with Gasteiger partial charge in [-0.05, 0) is 95.2 Å². The number of carbonyl (C=O) groups is 2. The van der Waals surface area contributed by atoms with Crippen molar-refractivity contribution in [1.82, 2.24) is 15.1 Å². The highest BCUT2D eigenvalue weighted by molar-refractivity contribution is 6.33. The summed E-state index contributed by atoms with van der Waals surface area (Å²) in [6.45, 7) is 7.88. The van der Waals surface area contributed by atoms with Crippen molar-refractivity contribution in [3.05, 3.63) is 22.7 Å². The second-order valence-electron chi connectivity index (χ2n) is 12.0. The van der Waals surface area contributed by atoms with Gasteiger partial charge in [-0.1, -0.05) is 37.3 Å². The minimum Gasteiger partial charge on any atom is -0.480 e. The quantitative estimate of drug-likeness (QED) is 0.189. The van der Waals surface area contributed by atoms with Crippen LogP contribution in [-0.4, -0.2) is 80.7 Å². The van der Waals surface area contributed by atoms with Gasteiger partial charge in [0, 0.05) is 31.5 Å². The summed E-state index contributed by atoms with van der Waals surface area (Å²) in [6.07, 6.45) is 12.5. The van der Waals surface area contributed by atoms with Gasteiger partial charge in [-0.15, -0.1) is 0 Å². The summed E-state index contributed by atoms with van der Waals surface area (Å²) in [7, 11) is 1.46. The lowest BCUT2D eigenvalue weighted by atomic mass is 9.92. The van der Waals surface area contributed by atoms with Gasteiger partial charge < -0.3 is 30.3 Å². The molecule has 0 aromatic heterocycles. The van der Waals surface area contributed by atoms with Gasteiger partial charge in [-0.2, -0.15) is 0 Å². The molecule has 4 rings (SSSR count). The maximum absolute atomic E-state index is 12.7. The molecule has 8 nitrogen and oxygen atoms in total. The molecule has 3 aliphatic rings. The highest BCUT2D eigenvalue weighted by atomic mass is 35.5. The largest absolute Gasteiger partial charge is 0.480 e. The van der Waals surface area contributed by atoms with Gasteiger partial charge in [0.05, 0.1) is 17.8 Å². The van der Waals surface area contributed by atoms with Crippen molar-refractivity contribution >= 4 is 29.2 Å². The molecule has 0 radical (unpaired) electrons. The van der Waals surface area contributed by atoms with E-state index in [-0.39, 0.29) is 11.9 Å². The number of halogens is 1. The highest BCUT2D eigenvalue weighted by Crippen LogP contribution is 2.37. The molecule has 1 aromatic carbocycles. The molecule has 0 saturated carbocycles. The second-order valence-corrected chi connectivity index (χ2v) is 12.4. The number of benzene rings is 1. The number of hydrogen-bond donors (Lipinski definition) is 2. The Morgan fingerprint density at radius 1 is 0.975 bits per heavy atom. The number of carbonyl (C=O) groups excluding carboxylic acids is 2. The van der Waals surface area contributed by atoms with E-state index in [2.05, 4.69) is 15.1 Å². The molecule has 3 aliphatic heterocycles. The van der Waals surface area contributed by atoms with Crippen LogP contribution >= 0.6 is 11.6 Å². The Labute approximate surface area is 245 Å². The number of nitrogens with one attached hydrogen (secondary N) is 1. The van der Waals surface area contributed by atoms with Gasteiger partial charge in [0.1, 0.15) is 5.75 Å². The molecule has 0 spiro atoms. The predicted octanol–water partition coefficient (Wildman–Crippen LogP) is 4.67. The topological polar surface area (TPSA) is 97.1 Å². The van der Waals surface area contributed by atoms with E-state index >= 15 is 0 Å². The van der Waals surface area contributed by atoms with E-state index in [1.54, 1.807) is 12.1 Å². The number of esters is 1. The first-order valence-electron chi connectivity index (χ1n) is 15.5. The molecule has 2 saturated heterocycles. The Bertz CT molecular complexity index is 961. The molecule has 3 N–H and O–H groups in total. The molecule has 2 fully saturated rings. The van der Waals surface area contributed by atoms with Crippen molar-refractivity contribution in [3.63, 3.8) is 0 Å². The Balaban J connectivity index is 1.01. The maximum Gasteiger partial charge on any atom is 0.305 e. The highest BCUT2D eigenvalue weighted by Gasteiger charge is 2.32. The third kappa shape index (κ3) is 9.25. The molecule has 224 valence electrons. The van der Waals surface area contributed by atoms with E-state index in [0.29, 0.717) is 41.8 Å². The number of amides is 1. The number of likely N-dealkylation sites (tertiary alicyclic amines) is 2.